The third-order valence-electron chi connectivity index (χ3n) is 11.7. The Bertz CT molecular complexity index is 2040. The molecule has 6 atom stereocenters. The van der Waals surface area contributed by atoms with Gasteiger partial charge in [-0.05, 0) is 56.1 Å². The van der Waals surface area contributed by atoms with E-state index in [-0.39, 0.29) is 62.2 Å². The fraction of sp³-hybridized carbons (Fsp3) is 0.610. The highest BCUT2D eigenvalue weighted by molar-refractivity contribution is 7.91. The van der Waals surface area contributed by atoms with Crippen LogP contribution in [-0.4, -0.2) is 103 Å². The van der Waals surface area contributed by atoms with Gasteiger partial charge < -0.3 is 24.6 Å². The average molecular weight is 824 g/mol. The average Bonchev–Trinajstić information content (AvgIpc) is 3.99. The molecule has 0 spiro atoms. The molecule has 2 N–H and O–H groups in total. The first-order valence-electron chi connectivity index (χ1n) is 20.0. The molecule has 3 aliphatic heterocycles. The Hall–Kier alpha value is -4.31. The molecular formula is C41H53N5O9S2. The first-order chi connectivity index (χ1) is 27.1. The molecule has 1 aromatic heterocycles. The lowest BCUT2D eigenvalue weighted by Gasteiger charge is -2.32. The summed E-state index contributed by atoms with van der Waals surface area (Å²) in [5, 5.41) is 4.42. The highest BCUT2D eigenvalue weighted by atomic mass is 32.2. The van der Waals surface area contributed by atoms with Gasteiger partial charge in [0.15, 0.2) is 5.01 Å². The summed E-state index contributed by atoms with van der Waals surface area (Å²) >= 11 is 1.23. The molecule has 16 heteroatoms. The molecule has 2 saturated carbocycles. The molecule has 4 heterocycles. The summed E-state index contributed by atoms with van der Waals surface area (Å²) < 4.78 is 39.0. The maximum atomic E-state index is 14.7. The van der Waals surface area contributed by atoms with Crippen molar-refractivity contribution in [2.24, 2.45) is 29.1 Å². The molecule has 4 amide bonds. The third-order valence-corrected chi connectivity index (χ3v) is 14.4. The molecule has 0 radical (unpaired) electrons. The molecule has 0 bridgehead atoms. The number of amides is 4. The molecule has 7 rings (SSSR count). The van der Waals surface area contributed by atoms with Crippen molar-refractivity contribution < 1.29 is 41.9 Å². The van der Waals surface area contributed by atoms with E-state index < -0.39 is 62.4 Å². The van der Waals surface area contributed by atoms with Gasteiger partial charge in [0.05, 0.1) is 31.1 Å². The van der Waals surface area contributed by atoms with Crippen LogP contribution < -0.4 is 14.8 Å². The van der Waals surface area contributed by atoms with Crippen molar-refractivity contribution in [2.75, 3.05) is 33.4 Å². The van der Waals surface area contributed by atoms with Gasteiger partial charge >= 0.3 is 5.97 Å². The Morgan fingerprint density at radius 3 is 2.60 bits per heavy atom. The monoisotopic (exact) mass is 823 g/mol. The zero-order valence-corrected chi connectivity index (χ0v) is 34.7. The number of thiazole rings is 1. The van der Waals surface area contributed by atoms with Gasteiger partial charge in [0, 0.05) is 54.2 Å². The second-order valence-corrected chi connectivity index (χ2v) is 20.3. The molecule has 2 aliphatic carbocycles. The second kappa shape index (κ2) is 16.1. The maximum absolute atomic E-state index is 14.7. The van der Waals surface area contributed by atoms with Crippen LogP contribution in [0, 0.1) is 29.1 Å². The maximum Gasteiger partial charge on any atom is 0.306 e. The van der Waals surface area contributed by atoms with Crippen LogP contribution in [0.15, 0.2) is 41.8 Å². The summed E-state index contributed by atoms with van der Waals surface area (Å²) in [6, 6.07) is 6.33. The van der Waals surface area contributed by atoms with Gasteiger partial charge in [-0.3, -0.25) is 28.7 Å². The number of rotatable bonds is 9. The zero-order valence-electron chi connectivity index (χ0n) is 33.0. The van der Waals surface area contributed by atoms with Crippen molar-refractivity contribution in [3.63, 3.8) is 0 Å². The number of carbonyl (C=O) groups excluding carboxylic acids is 5. The third kappa shape index (κ3) is 9.06. The van der Waals surface area contributed by atoms with Crippen molar-refractivity contribution >= 4 is 51.0 Å². The van der Waals surface area contributed by atoms with Crippen LogP contribution in [-0.2, 0) is 33.9 Å². The number of hydrogen-bond acceptors (Lipinski definition) is 11. The second-order valence-electron chi connectivity index (χ2n) is 17.5. The van der Waals surface area contributed by atoms with Crippen molar-refractivity contribution in [3.8, 4) is 17.0 Å². The van der Waals surface area contributed by atoms with Crippen LogP contribution in [0.3, 0.4) is 0 Å². The minimum atomic E-state index is -3.91. The number of ether oxygens (including phenoxy) is 2. The number of benzene rings is 1. The molecule has 4 fully saturated rings. The molecule has 308 valence electrons. The van der Waals surface area contributed by atoms with Crippen molar-refractivity contribution in [1.82, 2.24) is 24.8 Å². The molecule has 57 heavy (non-hydrogen) atoms. The quantitative estimate of drug-likeness (QED) is 0.273. The van der Waals surface area contributed by atoms with E-state index in [2.05, 4.69) is 15.0 Å². The zero-order chi connectivity index (χ0) is 40.7. The van der Waals surface area contributed by atoms with Crippen LogP contribution in [0.25, 0.3) is 11.3 Å². The number of esters is 1. The number of hydrogen-bond donors (Lipinski definition) is 2. The highest BCUT2D eigenvalue weighted by Crippen LogP contribution is 2.47. The first kappa shape index (κ1) is 40.9. The number of likely N-dealkylation sites (tertiary alicyclic amines) is 1. The number of fused-ring (bicyclic) bond motifs is 4. The number of aromatic nitrogens is 1. The van der Waals surface area contributed by atoms with Crippen LogP contribution in [0.1, 0.15) is 88.4 Å². The van der Waals surface area contributed by atoms with Gasteiger partial charge in [-0.1, -0.05) is 57.9 Å². The number of sulfonamides is 1. The molecule has 5 aliphatic rings. The summed E-state index contributed by atoms with van der Waals surface area (Å²) in [5.74, 6) is -3.73. The molecule has 1 aromatic carbocycles. The lowest BCUT2D eigenvalue weighted by atomic mass is 9.92. The Balaban J connectivity index is 1.16. The summed E-state index contributed by atoms with van der Waals surface area (Å²) in [5.41, 5.74) is -0.335. The molecule has 0 unspecified atom stereocenters. The normalized spacial score (nSPS) is 28.5. The summed E-state index contributed by atoms with van der Waals surface area (Å²) in [4.78, 5) is 78.2. The minimum absolute atomic E-state index is 0.132. The van der Waals surface area contributed by atoms with Crippen LogP contribution in [0.2, 0.25) is 0 Å². The standard InChI is InChI=1S/C41H53N5O9S2/c1-40(2,3)24-55-33(47)18-26-11-8-6-5-7-9-13-28-19-41(28,39(51)44-57(52,53)30-15-16-30)43-35(48)34-31-22-45(20-27(31)21-46(34)37(26)49)38(50)36-42-32(23-56-36)25-12-10-14-29(17-25)54-4/h9-10,12-14,17,23,26-28,30-31,34H,5-8,11,15-16,18-22,24H2,1-4H3,(H,43,48)(H,44,51)/b13-9-/t26-,27+,28-,31+,34+,41-/m1/s1. The van der Waals surface area contributed by atoms with Crippen LogP contribution >= 0.6 is 11.3 Å². The summed E-state index contributed by atoms with van der Waals surface area (Å²) in [6.45, 7) is 6.68. The van der Waals surface area contributed by atoms with Crippen LogP contribution in [0.4, 0.5) is 0 Å². The highest BCUT2D eigenvalue weighted by Gasteiger charge is 2.63. The van der Waals surface area contributed by atoms with E-state index in [0.29, 0.717) is 48.6 Å². The Morgan fingerprint density at radius 2 is 1.86 bits per heavy atom. The topological polar surface area (TPSA) is 181 Å². The van der Waals surface area contributed by atoms with Crippen LogP contribution in [0.5, 0.6) is 5.75 Å². The van der Waals surface area contributed by atoms with E-state index in [9.17, 15) is 32.4 Å². The SMILES string of the molecule is COc1cccc(-c2csc(C(=O)N3C[C@H]4CN5C(=O)[C@@H](CC(=O)OCC(C)(C)C)CCCCC/C=C\[C@@H]6C[C@@]6(C(=O)NS(=O)(=O)C6CC6)NC(=O)[C@@H]5[C@H]4C3)n2)c1. The number of allylic oxidation sites excluding steroid dienone is 1. The first-order valence-corrected chi connectivity index (χ1v) is 22.4. The summed E-state index contributed by atoms with van der Waals surface area (Å²) in [6.07, 6.45) is 8.32. The van der Waals surface area contributed by atoms with E-state index >= 15 is 0 Å². The Kier molecular flexibility index (Phi) is 11.6. The fourth-order valence-electron chi connectivity index (χ4n) is 8.35. The van der Waals surface area contributed by atoms with E-state index in [1.807, 2.05) is 62.6 Å². The van der Waals surface area contributed by atoms with E-state index in [1.54, 1.807) is 12.0 Å². The van der Waals surface area contributed by atoms with Gasteiger partial charge in [-0.25, -0.2) is 13.4 Å². The Labute approximate surface area is 338 Å². The van der Waals surface area contributed by atoms with Crippen molar-refractivity contribution in [2.45, 2.75) is 95.4 Å². The van der Waals surface area contributed by atoms with Gasteiger partial charge in [-0.15, -0.1) is 11.3 Å². The van der Waals surface area contributed by atoms with Crippen molar-refractivity contribution in [1.29, 1.82) is 0 Å². The smallest absolute Gasteiger partial charge is 0.306 e. The van der Waals surface area contributed by atoms with E-state index in [0.717, 1.165) is 18.4 Å². The lowest BCUT2D eigenvalue weighted by Crippen LogP contribution is -2.58. The molecular weight excluding hydrogens is 771 g/mol. The van der Waals surface area contributed by atoms with Gasteiger partial charge in [0.25, 0.3) is 11.8 Å². The number of methoxy groups -OCH3 is 1. The predicted octanol–water partition coefficient (Wildman–Crippen LogP) is 4.32. The summed E-state index contributed by atoms with van der Waals surface area (Å²) in [7, 11) is -2.33. The molecule has 14 nitrogen and oxygen atoms in total. The number of nitrogens with zero attached hydrogens (tertiary/aromatic N) is 3. The molecule has 2 aromatic rings. The number of carbonyl (C=O) groups is 5. The fourth-order valence-corrected chi connectivity index (χ4v) is 10.5. The Morgan fingerprint density at radius 1 is 1.07 bits per heavy atom. The predicted molar refractivity (Wildman–Crippen MR) is 212 cm³/mol. The molecule has 2 saturated heterocycles. The van der Waals surface area contributed by atoms with E-state index in [4.69, 9.17) is 9.47 Å². The van der Waals surface area contributed by atoms with Gasteiger partial charge in [-0.2, -0.15) is 0 Å². The van der Waals surface area contributed by atoms with Gasteiger partial charge in [0.1, 0.15) is 17.3 Å². The lowest BCUT2D eigenvalue weighted by molar-refractivity contribution is -0.152. The van der Waals surface area contributed by atoms with Crippen molar-refractivity contribution in [3.05, 3.63) is 46.8 Å². The van der Waals surface area contributed by atoms with E-state index in [1.165, 1.54) is 16.2 Å². The minimum Gasteiger partial charge on any atom is -0.497 e. The van der Waals surface area contributed by atoms with Gasteiger partial charge in [0.2, 0.25) is 21.8 Å². The number of nitrogens with one attached hydrogen (secondary N) is 2. The largest absolute Gasteiger partial charge is 0.497 e.